The van der Waals surface area contributed by atoms with Gasteiger partial charge in [-0.25, -0.2) is 21.1 Å². The normalized spacial score (nSPS) is 17.5. The average molecular weight is 609 g/mol. The molecule has 0 aromatic heterocycles. The SMILES string of the molecule is CCCC[N+](CCCC)(CCCC)CCCC.O=C1[C@H](S(=O)(=O)c2ccccc2)[C@@H](c2ccccc2)N1S(=O)(=O)[O-]. The van der Waals surface area contributed by atoms with E-state index in [2.05, 4.69) is 27.7 Å². The summed E-state index contributed by atoms with van der Waals surface area (Å²) in [6, 6.07) is 13.6. The van der Waals surface area contributed by atoms with Gasteiger partial charge in [-0.2, -0.15) is 0 Å². The van der Waals surface area contributed by atoms with Crippen LogP contribution in [0.3, 0.4) is 0 Å². The van der Waals surface area contributed by atoms with Crippen molar-refractivity contribution in [2.45, 2.75) is 95.2 Å². The Balaban J connectivity index is 0.000000307. The number of amides is 1. The lowest BCUT2D eigenvalue weighted by atomic mass is 9.96. The molecule has 0 bridgehead atoms. The van der Waals surface area contributed by atoms with Gasteiger partial charge < -0.3 is 9.04 Å². The number of rotatable bonds is 16. The number of sulfone groups is 1. The van der Waals surface area contributed by atoms with Gasteiger partial charge in [0.2, 0.25) is 0 Å². The van der Waals surface area contributed by atoms with Crippen LogP contribution in [-0.4, -0.2) is 67.5 Å². The van der Waals surface area contributed by atoms with Crippen LogP contribution in [0.2, 0.25) is 0 Å². The third-order valence-corrected chi connectivity index (χ3v) is 10.7. The van der Waals surface area contributed by atoms with Gasteiger partial charge in [-0.05, 0) is 43.4 Å². The zero-order valence-corrected chi connectivity index (χ0v) is 26.7. The zero-order valence-electron chi connectivity index (χ0n) is 25.1. The maximum Gasteiger partial charge on any atom is 0.257 e. The van der Waals surface area contributed by atoms with Gasteiger partial charge in [0.25, 0.3) is 5.91 Å². The largest absolute Gasteiger partial charge is 0.731 e. The smallest absolute Gasteiger partial charge is 0.257 e. The van der Waals surface area contributed by atoms with Crippen LogP contribution in [0.4, 0.5) is 0 Å². The van der Waals surface area contributed by atoms with E-state index in [4.69, 9.17) is 0 Å². The number of unbranched alkanes of at least 4 members (excludes halogenated alkanes) is 4. The van der Waals surface area contributed by atoms with Crippen molar-refractivity contribution in [3.63, 3.8) is 0 Å². The lowest BCUT2D eigenvalue weighted by Crippen LogP contribution is -2.63. The summed E-state index contributed by atoms with van der Waals surface area (Å²) in [6.45, 7) is 15.0. The number of nitrogens with zero attached hydrogens (tertiary/aromatic N) is 2. The molecule has 0 radical (unpaired) electrons. The predicted molar refractivity (Wildman–Crippen MR) is 163 cm³/mol. The minimum Gasteiger partial charge on any atom is -0.731 e. The molecule has 1 amide bonds. The van der Waals surface area contributed by atoms with Crippen LogP contribution < -0.4 is 0 Å². The maximum atomic E-state index is 12.7. The van der Waals surface area contributed by atoms with Gasteiger partial charge in [0, 0.05) is 0 Å². The average Bonchev–Trinajstić information content (AvgIpc) is 2.95. The van der Waals surface area contributed by atoms with Crippen molar-refractivity contribution in [3.05, 3.63) is 66.2 Å². The first-order valence-corrected chi connectivity index (χ1v) is 17.9. The Hall–Kier alpha value is -2.27. The van der Waals surface area contributed by atoms with E-state index < -0.39 is 37.3 Å². The summed E-state index contributed by atoms with van der Waals surface area (Å²) in [5.41, 5.74) is 0.265. The highest BCUT2D eigenvalue weighted by Gasteiger charge is 2.58. The third-order valence-electron chi connectivity index (χ3n) is 7.73. The minimum atomic E-state index is -5.12. The van der Waals surface area contributed by atoms with Gasteiger partial charge in [0.1, 0.15) is 0 Å². The first-order valence-electron chi connectivity index (χ1n) is 15.0. The van der Waals surface area contributed by atoms with Crippen molar-refractivity contribution >= 4 is 26.0 Å². The molecule has 2 atom stereocenters. The second-order valence-corrected chi connectivity index (χ2v) is 14.2. The molecular formula is C31H48N2O6S2. The first-order chi connectivity index (χ1) is 19.5. The van der Waals surface area contributed by atoms with Gasteiger partial charge in [-0.15, -0.1) is 0 Å². The van der Waals surface area contributed by atoms with Crippen molar-refractivity contribution < 1.29 is 30.7 Å². The summed E-state index contributed by atoms with van der Waals surface area (Å²) in [5.74, 6) is -1.23. The van der Waals surface area contributed by atoms with E-state index in [1.807, 2.05) is 0 Å². The van der Waals surface area contributed by atoms with Gasteiger partial charge in [0.15, 0.2) is 25.4 Å². The predicted octanol–water partition coefficient (Wildman–Crippen LogP) is 5.88. The van der Waals surface area contributed by atoms with Crippen molar-refractivity contribution in [1.82, 2.24) is 4.31 Å². The van der Waals surface area contributed by atoms with E-state index in [1.165, 1.54) is 118 Å². The molecule has 1 saturated heterocycles. The number of hydrogen-bond acceptors (Lipinski definition) is 6. The van der Waals surface area contributed by atoms with Crippen molar-refractivity contribution in [1.29, 1.82) is 0 Å². The van der Waals surface area contributed by atoms with Gasteiger partial charge in [-0.3, -0.25) is 4.79 Å². The number of hydrogen-bond donors (Lipinski definition) is 0. The molecule has 0 aliphatic carbocycles. The topological polar surface area (TPSA) is 112 Å². The summed E-state index contributed by atoms with van der Waals surface area (Å²) in [4.78, 5) is 12.1. The molecule has 8 nitrogen and oxygen atoms in total. The highest BCUT2D eigenvalue weighted by Crippen LogP contribution is 2.42. The monoisotopic (exact) mass is 608 g/mol. The highest BCUT2D eigenvalue weighted by atomic mass is 32.2. The molecule has 0 N–H and O–H groups in total. The molecule has 0 saturated carbocycles. The molecule has 0 spiro atoms. The molecule has 1 aliphatic heterocycles. The molecule has 1 fully saturated rings. The fourth-order valence-electron chi connectivity index (χ4n) is 5.35. The molecular weight excluding hydrogens is 560 g/mol. The number of β-lactam (4-membered cyclic amide) rings is 1. The van der Waals surface area contributed by atoms with Crippen LogP contribution in [0, 0.1) is 0 Å². The maximum absolute atomic E-state index is 12.7. The molecule has 2 aromatic carbocycles. The highest BCUT2D eigenvalue weighted by molar-refractivity contribution is 7.93. The van der Waals surface area contributed by atoms with E-state index in [9.17, 15) is 26.2 Å². The second-order valence-electron chi connectivity index (χ2n) is 10.9. The summed E-state index contributed by atoms with van der Waals surface area (Å²) < 4.78 is 61.1. The standard InChI is InChI=1S/C16H36N.C15H13NO6S2/c1-5-9-13-17(14-10-6-2,15-11-7-3)16-12-8-4;17-15-14(23(18,19)12-9-5-2-6-10-12)13(16(15)24(20,21)22)11-7-3-1-4-8-11/h5-16H2,1-4H3;1-10,13-14H,(H,20,21,22)/q+1;/p-1/t;13-,14-/m.1/s1. The lowest BCUT2D eigenvalue weighted by molar-refractivity contribution is -0.929. The third kappa shape index (κ3) is 9.36. The van der Waals surface area contributed by atoms with Crippen LogP contribution in [0.5, 0.6) is 0 Å². The van der Waals surface area contributed by atoms with E-state index in [-0.39, 0.29) is 14.8 Å². The number of carbonyl (C=O) groups is 1. The van der Waals surface area contributed by atoms with Crippen LogP contribution in [-0.2, 0) is 24.9 Å². The Kier molecular flexibility index (Phi) is 14.0. The Morgan fingerprint density at radius 1 is 0.683 bits per heavy atom. The number of quaternary nitrogens is 1. The molecule has 41 heavy (non-hydrogen) atoms. The minimum absolute atomic E-state index is 0.0908. The van der Waals surface area contributed by atoms with Crippen molar-refractivity contribution in [2.75, 3.05) is 26.2 Å². The van der Waals surface area contributed by atoms with Crippen LogP contribution >= 0.6 is 0 Å². The number of carbonyl (C=O) groups excluding carboxylic acids is 1. The molecule has 10 heteroatoms. The molecule has 2 aromatic rings. The Morgan fingerprint density at radius 3 is 1.44 bits per heavy atom. The Labute approximate surface area is 248 Å². The molecule has 1 aliphatic rings. The summed E-state index contributed by atoms with van der Waals surface area (Å²) in [6.07, 6.45) is 11.1. The fraction of sp³-hybridized carbons (Fsp3) is 0.581. The summed E-state index contributed by atoms with van der Waals surface area (Å²) in [5, 5.41) is -1.65. The fourth-order valence-corrected chi connectivity index (χ4v) is 8.18. The number of benzene rings is 2. The van der Waals surface area contributed by atoms with Crippen molar-refractivity contribution in [2.24, 2.45) is 0 Å². The quantitative estimate of drug-likeness (QED) is 0.134. The lowest BCUT2D eigenvalue weighted by Gasteiger charge is -2.46. The van der Waals surface area contributed by atoms with E-state index in [0.29, 0.717) is 0 Å². The second kappa shape index (κ2) is 16.4. The van der Waals surface area contributed by atoms with Gasteiger partial charge in [-0.1, -0.05) is 102 Å². The van der Waals surface area contributed by atoms with Crippen LogP contribution in [0.15, 0.2) is 65.6 Å². The molecule has 230 valence electrons. The van der Waals surface area contributed by atoms with Gasteiger partial charge >= 0.3 is 0 Å². The summed E-state index contributed by atoms with van der Waals surface area (Å²) in [7, 11) is -9.26. The molecule has 1 heterocycles. The molecule has 3 rings (SSSR count). The van der Waals surface area contributed by atoms with Crippen LogP contribution in [0.1, 0.15) is 90.7 Å². The van der Waals surface area contributed by atoms with Crippen LogP contribution in [0.25, 0.3) is 0 Å². The van der Waals surface area contributed by atoms with E-state index >= 15 is 0 Å². The molecule has 0 unspecified atom stereocenters. The van der Waals surface area contributed by atoms with E-state index in [0.717, 1.165) is 0 Å². The van der Waals surface area contributed by atoms with E-state index in [1.54, 1.807) is 24.3 Å². The first kappa shape index (κ1) is 34.9. The van der Waals surface area contributed by atoms with Gasteiger partial charge in [0.05, 0.1) is 37.1 Å². The summed E-state index contributed by atoms with van der Waals surface area (Å²) >= 11 is 0. The van der Waals surface area contributed by atoms with Crippen molar-refractivity contribution in [3.8, 4) is 0 Å². The Bertz CT molecular complexity index is 1230. The zero-order chi connectivity index (χ0) is 30.5. The Morgan fingerprint density at radius 2 is 1.07 bits per heavy atom.